The third-order valence-electron chi connectivity index (χ3n) is 3.30. The quantitative estimate of drug-likeness (QED) is 0.629. The molecule has 0 radical (unpaired) electrons. The third kappa shape index (κ3) is 3.84. The largest absolute Gasteiger partial charge is 0.265 e. The van der Waals surface area contributed by atoms with E-state index >= 15 is 0 Å². The van der Waals surface area contributed by atoms with Crippen LogP contribution in [0.15, 0.2) is 60.7 Å². The van der Waals surface area contributed by atoms with E-state index in [1.54, 1.807) is 0 Å². The maximum atomic E-state index is 6.25. The Labute approximate surface area is 122 Å². The molecule has 1 atom stereocenters. The van der Waals surface area contributed by atoms with Gasteiger partial charge in [-0.05, 0) is 37.1 Å². The van der Waals surface area contributed by atoms with E-state index in [-0.39, 0.29) is 6.10 Å². The first-order chi connectivity index (χ1) is 9.85. The molecular formula is C18H23NO. The van der Waals surface area contributed by atoms with Crippen LogP contribution < -0.4 is 5.06 Å². The molecule has 0 aromatic heterocycles. The maximum Gasteiger partial charge on any atom is 0.0858 e. The van der Waals surface area contributed by atoms with Gasteiger partial charge in [0.2, 0.25) is 0 Å². The molecule has 0 saturated heterocycles. The van der Waals surface area contributed by atoms with Crippen molar-refractivity contribution in [3.8, 4) is 0 Å². The van der Waals surface area contributed by atoms with Crippen molar-refractivity contribution in [2.75, 3.05) is 5.06 Å². The Bertz CT molecular complexity index is 444. The lowest BCUT2D eigenvalue weighted by Crippen LogP contribution is -2.25. The highest BCUT2D eigenvalue weighted by Gasteiger charge is 2.15. The number of rotatable bonds is 7. The number of hydrogen-bond donors (Lipinski definition) is 0. The van der Waals surface area contributed by atoms with E-state index in [0.29, 0.717) is 0 Å². The summed E-state index contributed by atoms with van der Waals surface area (Å²) in [5.74, 6) is 0. The van der Waals surface area contributed by atoms with Gasteiger partial charge in [0, 0.05) is 0 Å². The van der Waals surface area contributed by atoms with Crippen LogP contribution in [0.2, 0.25) is 0 Å². The zero-order chi connectivity index (χ0) is 14.2. The monoisotopic (exact) mass is 269 g/mol. The minimum atomic E-state index is 0.250. The zero-order valence-electron chi connectivity index (χ0n) is 12.3. The van der Waals surface area contributed by atoms with Gasteiger partial charge in [0.05, 0.1) is 17.5 Å². The van der Waals surface area contributed by atoms with Crippen LogP contribution in [0.5, 0.6) is 0 Å². The third-order valence-corrected chi connectivity index (χ3v) is 3.30. The molecule has 106 valence electrons. The summed E-state index contributed by atoms with van der Waals surface area (Å²) < 4.78 is 0. The maximum absolute atomic E-state index is 6.25. The molecule has 2 aromatic carbocycles. The summed E-state index contributed by atoms with van der Waals surface area (Å²) in [5, 5.41) is 1.95. The second-order valence-corrected chi connectivity index (χ2v) is 4.89. The zero-order valence-corrected chi connectivity index (χ0v) is 12.3. The van der Waals surface area contributed by atoms with Crippen molar-refractivity contribution in [2.24, 2.45) is 0 Å². The highest BCUT2D eigenvalue weighted by molar-refractivity contribution is 5.60. The van der Waals surface area contributed by atoms with Gasteiger partial charge in [-0.25, -0.2) is 5.06 Å². The van der Waals surface area contributed by atoms with Crippen LogP contribution in [0.3, 0.4) is 0 Å². The molecule has 20 heavy (non-hydrogen) atoms. The lowest BCUT2D eigenvalue weighted by Gasteiger charge is -2.28. The Balaban J connectivity index is 2.25. The van der Waals surface area contributed by atoms with Crippen LogP contribution in [0.1, 0.15) is 33.1 Å². The van der Waals surface area contributed by atoms with E-state index < -0.39 is 0 Å². The highest BCUT2D eigenvalue weighted by atomic mass is 16.7. The van der Waals surface area contributed by atoms with E-state index in [0.717, 1.165) is 30.6 Å². The second-order valence-electron chi connectivity index (χ2n) is 4.89. The molecule has 1 unspecified atom stereocenters. The van der Waals surface area contributed by atoms with Crippen molar-refractivity contribution >= 4 is 11.4 Å². The van der Waals surface area contributed by atoms with Gasteiger partial charge in [0.1, 0.15) is 0 Å². The highest BCUT2D eigenvalue weighted by Crippen LogP contribution is 2.27. The first-order valence-electron chi connectivity index (χ1n) is 7.42. The molecule has 2 rings (SSSR count). The fraction of sp³-hybridized carbons (Fsp3) is 0.333. The van der Waals surface area contributed by atoms with Crippen molar-refractivity contribution in [1.29, 1.82) is 0 Å². The number of hydrogen-bond acceptors (Lipinski definition) is 2. The van der Waals surface area contributed by atoms with Gasteiger partial charge in [0.15, 0.2) is 0 Å². The van der Waals surface area contributed by atoms with Gasteiger partial charge in [-0.3, -0.25) is 4.84 Å². The van der Waals surface area contributed by atoms with Crippen LogP contribution in [-0.2, 0) is 4.84 Å². The first kappa shape index (κ1) is 14.6. The predicted molar refractivity (Wildman–Crippen MR) is 85.1 cm³/mol. The minimum Gasteiger partial charge on any atom is -0.265 e. The van der Waals surface area contributed by atoms with E-state index in [4.69, 9.17) is 4.84 Å². The van der Waals surface area contributed by atoms with Crippen LogP contribution >= 0.6 is 0 Å². The summed E-state index contributed by atoms with van der Waals surface area (Å²) >= 11 is 0. The average molecular weight is 269 g/mol. The van der Waals surface area contributed by atoms with Crippen LogP contribution in [-0.4, -0.2) is 6.10 Å². The van der Waals surface area contributed by atoms with Gasteiger partial charge < -0.3 is 0 Å². The van der Waals surface area contributed by atoms with Gasteiger partial charge in [0.25, 0.3) is 0 Å². The smallest absolute Gasteiger partial charge is 0.0858 e. The molecule has 0 spiro atoms. The van der Waals surface area contributed by atoms with Crippen molar-refractivity contribution in [3.63, 3.8) is 0 Å². The summed E-state index contributed by atoms with van der Waals surface area (Å²) in [7, 11) is 0. The molecule has 0 N–H and O–H groups in total. The Kier molecular flexibility index (Phi) is 5.63. The molecule has 0 aliphatic heterocycles. The minimum absolute atomic E-state index is 0.250. The number of anilines is 2. The van der Waals surface area contributed by atoms with Crippen molar-refractivity contribution in [1.82, 2.24) is 0 Å². The molecule has 2 aromatic rings. The molecule has 0 fully saturated rings. The average Bonchev–Trinajstić information content (AvgIpc) is 2.53. The first-order valence-corrected chi connectivity index (χ1v) is 7.42. The summed E-state index contributed by atoms with van der Waals surface area (Å²) in [5.41, 5.74) is 2.13. The molecule has 0 amide bonds. The molecule has 0 aliphatic rings. The van der Waals surface area contributed by atoms with Gasteiger partial charge in [-0.2, -0.15) is 0 Å². The van der Waals surface area contributed by atoms with Crippen LogP contribution in [0.25, 0.3) is 0 Å². The van der Waals surface area contributed by atoms with Crippen LogP contribution in [0.4, 0.5) is 11.4 Å². The Morgan fingerprint density at radius 1 is 0.850 bits per heavy atom. The predicted octanol–water partition coefficient (Wildman–Crippen LogP) is 5.34. The molecule has 2 nitrogen and oxygen atoms in total. The van der Waals surface area contributed by atoms with Crippen LogP contribution in [0, 0.1) is 0 Å². The van der Waals surface area contributed by atoms with E-state index in [1.807, 2.05) is 41.5 Å². The molecule has 0 bridgehead atoms. The van der Waals surface area contributed by atoms with Crippen molar-refractivity contribution < 1.29 is 4.84 Å². The van der Waals surface area contributed by atoms with Gasteiger partial charge >= 0.3 is 0 Å². The molecule has 0 saturated carbocycles. The van der Waals surface area contributed by atoms with E-state index in [1.165, 1.54) is 0 Å². The molecule has 0 aliphatic carbocycles. The molecule has 0 heterocycles. The standard InChI is InChI=1S/C18H23NO/c1-3-11-18(4-2)20-19(16-12-7-5-8-13-16)17-14-9-6-10-15-17/h5-10,12-15,18H,3-4,11H2,1-2H3. The van der Waals surface area contributed by atoms with Crippen molar-refractivity contribution in [2.45, 2.75) is 39.2 Å². The molecular weight excluding hydrogens is 246 g/mol. The SMILES string of the molecule is CCCC(CC)ON(c1ccccc1)c1ccccc1. The summed E-state index contributed by atoms with van der Waals surface area (Å²) in [6.07, 6.45) is 3.48. The van der Waals surface area contributed by atoms with Gasteiger partial charge in [-0.15, -0.1) is 0 Å². The normalized spacial score (nSPS) is 12.1. The summed E-state index contributed by atoms with van der Waals surface area (Å²) in [6.45, 7) is 4.37. The summed E-state index contributed by atoms with van der Waals surface area (Å²) in [6, 6.07) is 20.5. The lowest BCUT2D eigenvalue weighted by atomic mass is 10.2. The number of nitrogens with zero attached hydrogens (tertiary/aromatic N) is 1. The van der Waals surface area contributed by atoms with E-state index in [9.17, 15) is 0 Å². The number of benzene rings is 2. The Morgan fingerprint density at radius 2 is 1.35 bits per heavy atom. The lowest BCUT2D eigenvalue weighted by molar-refractivity contribution is 0.0445. The Morgan fingerprint density at radius 3 is 1.75 bits per heavy atom. The fourth-order valence-electron chi connectivity index (χ4n) is 2.20. The molecule has 2 heteroatoms. The topological polar surface area (TPSA) is 12.5 Å². The van der Waals surface area contributed by atoms with Gasteiger partial charge in [-0.1, -0.05) is 56.7 Å². The fourth-order valence-corrected chi connectivity index (χ4v) is 2.20. The Hall–Kier alpha value is -1.80. The number of para-hydroxylation sites is 2. The van der Waals surface area contributed by atoms with E-state index in [2.05, 4.69) is 38.1 Å². The van der Waals surface area contributed by atoms with Crippen molar-refractivity contribution in [3.05, 3.63) is 60.7 Å². The second kappa shape index (κ2) is 7.71. The summed E-state index contributed by atoms with van der Waals surface area (Å²) in [4.78, 5) is 6.25.